The van der Waals surface area contributed by atoms with Crippen LogP contribution in [0.15, 0.2) is 60.3 Å². The van der Waals surface area contributed by atoms with Gasteiger partial charge in [0.1, 0.15) is 5.84 Å². The second-order valence-electron chi connectivity index (χ2n) is 12.6. The number of hydrogen-bond donors (Lipinski definition) is 0. The number of halogens is 6. The van der Waals surface area contributed by atoms with Crippen molar-refractivity contribution in [3.8, 4) is 0 Å². The van der Waals surface area contributed by atoms with E-state index in [9.17, 15) is 31.1 Å². The van der Waals surface area contributed by atoms with Gasteiger partial charge in [0.25, 0.3) is 5.91 Å². The number of amides is 1. The van der Waals surface area contributed by atoms with Crippen molar-refractivity contribution in [2.75, 3.05) is 52.4 Å². The van der Waals surface area contributed by atoms with Gasteiger partial charge in [0.2, 0.25) is 0 Å². The summed E-state index contributed by atoms with van der Waals surface area (Å²) in [6, 6.07) is 1.26. The monoisotopic (exact) mass is 653 g/mol. The lowest BCUT2D eigenvalue weighted by Crippen LogP contribution is -2.55. The van der Waals surface area contributed by atoms with E-state index < -0.39 is 41.0 Å². The van der Waals surface area contributed by atoms with E-state index in [4.69, 9.17) is 0 Å². The van der Waals surface area contributed by atoms with Gasteiger partial charge in [-0.3, -0.25) is 9.69 Å². The normalized spacial score (nSPS) is 23.3. The first-order chi connectivity index (χ1) is 21.7. The number of likely N-dealkylation sites (tertiary alicyclic amines) is 2. The molecule has 0 aliphatic carbocycles. The second kappa shape index (κ2) is 15.2. The van der Waals surface area contributed by atoms with Gasteiger partial charge in [0, 0.05) is 76.2 Å². The number of nitrogens with zero attached hydrogens (tertiary/aromatic N) is 5. The molecule has 1 amide bonds. The van der Waals surface area contributed by atoms with Crippen LogP contribution < -0.4 is 0 Å². The average Bonchev–Trinajstić information content (AvgIpc) is 3.00. The second-order valence-corrected chi connectivity index (χ2v) is 12.6. The van der Waals surface area contributed by atoms with Crippen molar-refractivity contribution in [1.82, 2.24) is 19.6 Å². The minimum absolute atomic E-state index is 0.0528. The van der Waals surface area contributed by atoms with Crippen LogP contribution in [0.25, 0.3) is 0 Å². The van der Waals surface area contributed by atoms with Gasteiger partial charge in [0.15, 0.2) is 0 Å². The molecule has 2 unspecified atom stereocenters. The average molecular weight is 654 g/mol. The molecule has 0 radical (unpaired) electrons. The number of carbonyl (C=O) groups is 1. The maximum Gasteiger partial charge on any atom is 0.416 e. The SMILES string of the molecule is C=CN=C(C)N1CCC(N2CCN(CC3CCN(C(=O)c4cc(C(F)(F)F)cc(C(F)(F)F)c4)C(CC(=C)/C=C\C)C3)CC2)CC1. The Morgan fingerprint density at radius 1 is 0.935 bits per heavy atom. The fourth-order valence-corrected chi connectivity index (χ4v) is 7.06. The zero-order valence-electron chi connectivity index (χ0n) is 26.7. The predicted octanol–water partition coefficient (Wildman–Crippen LogP) is 7.11. The van der Waals surface area contributed by atoms with E-state index in [1.165, 1.54) is 4.90 Å². The number of carbonyl (C=O) groups excluding carboxylic acids is 1. The predicted molar refractivity (Wildman–Crippen MR) is 168 cm³/mol. The molecule has 3 aliphatic heterocycles. The summed E-state index contributed by atoms with van der Waals surface area (Å²) >= 11 is 0. The summed E-state index contributed by atoms with van der Waals surface area (Å²) < 4.78 is 81.1. The summed E-state index contributed by atoms with van der Waals surface area (Å²) in [4.78, 5) is 26.7. The van der Waals surface area contributed by atoms with Gasteiger partial charge < -0.3 is 14.7 Å². The van der Waals surface area contributed by atoms with E-state index in [1.54, 1.807) is 6.20 Å². The van der Waals surface area contributed by atoms with Crippen LogP contribution in [0.4, 0.5) is 26.3 Å². The quantitative estimate of drug-likeness (QED) is 0.130. The van der Waals surface area contributed by atoms with Crippen molar-refractivity contribution in [3.05, 3.63) is 72.0 Å². The molecule has 3 heterocycles. The zero-order chi connectivity index (χ0) is 33.6. The Kier molecular flexibility index (Phi) is 11.8. The largest absolute Gasteiger partial charge is 0.416 e. The standard InChI is InChI=1S/C34H45F6N5O/c1-5-7-24(3)18-31-19-26(23-42-14-16-44(17-15-42)30-9-11-43(12-10-30)25(4)41-6-2)8-13-45(31)32(46)27-20-28(33(35,36)37)22-29(21-27)34(38,39)40/h5-7,20-22,26,30-31H,2-3,8-19,23H2,1,4H3/b7-5-,41-25?. The van der Waals surface area contributed by atoms with Crippen LogP contribution in [0.1, 0.15) is 67.4 Å². The summed E-state index contributed by atoms with van der Waals surface area (Å²) in [6.07, 6.45) is -1.06. The fraction of sp³-hybridized carbons (Fsp3) is 0.588. The highest BCUT2D eigenvalue weighted by Crippen LogP contribution is 2.37. The van der Waals surface area contributed by atoms with E-state index in [1.807, 2.05) is 26.0 Å². The van der Waals surface area contributed by atoms with Crippen molar-refractivity contribution in [3.63, 3.8) is 0 Å². The number of rotatable bonds is 8. The summed E-state index contributed by atoms with van der Waals surface area (Å²) in [5, 5.41) is 0. The van der Waals surface area contributed by atoms with E-state index in [0.717, 1.165) is 70.1 Å². The number of aliphatic imine (C=N–C) groups is 1. The summed E-state index contributed by atoms with van der Waals surface area (Å²) in [5.41, 5.74) is -2.84. The molecule has 46 heavy (non-hydrogen) atoms. The van der Waals surface area contributed by atoms with Gasteiger partial charge in [-0.2, -0.15) is 26.3 Å². The zero-order valence-corrected chi connectivity index (χ0v) is 26.7. The smallest absolute Gasteiger partial charge is 0.360 e. The van der Waals surface area contributed by atoms with Crippen LogP contribution in [0, 0.1) is 5.92 Å². The van der Waals surface area contributed by atoms with Crippen molar-refractivity contribution < 1.29 is 31.1 Å². The third kappa shape index (κ3) is 9.24. The Morgan fingerprint density at radius 3 is 2.09 bits per heavy atom. The highest BCUT2D eigenvalue weighted by Gasteiger charge is 2.40. The minimum atomic E-state index is -5.02. The molecule has 2 atom stereocenters. The molecule has 3 aliphatic rings. The van der Waals surface area contributed by atoms with E-state index in [0.29, 0.717) is 37.4 Å². The first-order valence-electron chi connectivity index (χ1n) is 16.0. The molecule has 0 saturated carbocycles. The molecule has 6 nitrogen and oxygen atoms in total. The number of benzene rings is 1. The van der Waals surface area contributed by atoms with Crippen molar-refractivity contribution in [2.24, 2.45) is 10.9 Å². The van der Waals surface area contributed by atoms with Crippen molar-refractivity contribution >= 4 is 11.7 Å². The van der Waals surface area contributed by atoms with Gasteiger partial charge >= 0.3 is 12.4 Å². The topological polar surface area (TPSA) is 42.4 Å². The molecule has 3 saturated heterocycles. The van der Waals surface area contributed by atoms with Crippen LogP contribution in [0.5, 0.6) is 0 Å². The Balaban J connectivity index is 1.40. The highest BCUT2D eigenvalue weighted by atomic mass is 19.4. The Labute approximate surface area is 268 Å². The Morgan fingerprint density at radius 2 is 1.54 bits per heavy atom. The number of allylic oxidation sites excluding steroid dienone is 2. The maximum atomic E-state index is 13.6. The van der Waals surface area contributed by atoms with Gasteiger partial charge in [0.05, 0.1) is 11.1 Å². The third-order valence-corrected chi connectivity index (χ3v) is 9.46. The number of amidine groups is 1. The summed E-state index contributed by atoms with van der Waals surface area (Å²) in [7, 11) is 0. The molecule has 12 heteroatoms. The van der Waals surface area contributed by atoms with Gasteiger partial charge in [-0.05, 0) is 70.1 Å². The molecule has 0 spiro atoms. The number of alkyl halides is 6. The maximum absolute atomic E-state index is 13.6. The number of piperazine rings is 1. The molecule has 254 valence electrons. The molecule has 0 aromatic heterocycles. The molecule has 3 fully saturated rings. The van der Waals surface area contributed by atoms with Crippen LogP contribution in [-0.4, -0.2) is 95.8 Å². The first-order valence-corrected chi connectivity index (χ1v) is 16.0. The summed E-state index contributed by atoms with van der Waals surface area (Å²) in [6.45, 7) is 18.4. The summed E-state index contributed by atoms with van der Waals surface area (Å²) in [5.74, 6) is 0.417. The number of piperidine rings is 2. The fourth-order valence-electron chi connectivity index (χ4n) is 7.06. The highest BCUT2D eigenvalue weighted by molar-refractivity contribution is 5.95. The van der Waals surface area contributed by atoms with E-state index >= 15 is 0 Å². The van der Waals surface area contributed by atoms with E-state index in [2.05, 4.69) is 32.9 Å². The Hall–Kier alpha value is -3.12. The molecule has 1 aromatic carbocycles. The third-order valence-electron chi connectivity index (χ3n) is 9.46. The van der Waals surface area contributed by atoms with Crippen LogP contribution in [0.2, 0.25) is 0 Å². The molecule has 4 rings (SSSR count). The van der Waals surface area contributed by atoms with Gasteiger partial charge in [-0.25, -0.2) is 4.99 Å². The van der Waals surface area contributed by atoms with Crippen molar-refractivity contribution in [2.45, 2.75) is 70.4 Å². The van der Waals surface area contributed by atoms with Gasteiger partial charge in [-0.1, -0.05) is 30.9 Å². The lowest BCUT2D eigenvalue weighted by atomic mass is 9.86. The van der Waals surface area contributed by atoms with Crippen LogP contribution in [-0.2, 0) is 12.4 Å². The lowest BCUT2D eigenvalue weighted by molar-refractivity contribution is -0.143. The molecular formula is C34H45F6N5O. The Bertz CT molecular complexity index is 1260. The molecule has 1 aromatic rings. The van der Waals surface area contributed by atoms with Gasteiger partial charge in [-0.15, -0.1) is 0 Å². The van der Waals surface area contributed by atoms with E-state index in [-0.39, 0.29) is 18.5 Å². The number of hydrogen-bond acceptors (Lipinski definition) is 4. The molecule has 0 bridgehead atoms. The van der Waals surface area contributed by atoms with Crippen molar-refractivity contribution in [1.29, 1.82) is 0 Å². The lowest BCUT2D eigenvalue weighted by Gasteiger charge is -2.45. The van der Waals surface area contributed by atoms with Crippen LogP contribution >= 0.6 is 0 Å². The molecular weight excluding hydrogens is 608 g/mol. The first kappa shape index (κ1) is 35.7. The molecule has 0 N–H and O–H groups in total. The van der Waals surface area contributed by atoms with Crippen LogP contribution in [0.3, 0.4) is 0 Å². The minimum Gasteiger partial charge on any atom is -0.360 e.